The summed E-state index contributed by atoms with van der Waals surface area (Å²) in [6.45, 7) is 2.73. The first-order valence-electron chi connectivity index (χ1n) is 8.30. The van der Waals surface area contributed by atoms with Crippen LogP contribution in [-0.4, -0.2) is 23.5 Å². The van der Waals surface area contributed by atoms with E-state index in [2.05, 4.69) is 5.16 Å². The summed E-state index contributed by atoms with van der Waals surface area (Å²) in [6, 6.07) is 17.2. The molecule has 2 aromatic carbocycles. The van der Waals surface area contributed by atoms with Crippen molar-refractivity contribution in [3.8, 4) is 5.75 Å². The Hall–Kier alpha value is -2.82. The fraction of sp³-hybridized carbons (Fsp3) is 0.300. The maximum Gasteiger partial charge on any atom is 0.356 e. The van der Waals surface area contributed by atoms with Gasteiger partial charge in [0.25, 0.3) is 0 Å². The van der Waals surface area contributed by atoms with Crippen LogP contribution < -0.4 is 4.74 Å². The van der Waals surface area contributed by atoms with Crippen molar-refractivity contribution in [3.63, 3.8) is 0 Å². The molecule has 2 rings (SSSR count). The summed E-state index contributed by atoms with van der Waals surface area (Å²) in [6.07, 6.45) is 1.77. The summed E-state index contributed by atoms with van der Waals surface area (Å²) in [5, 5.41) is 12.1. The van der Waals surface area contributed by atoms with Gasteiger partial charge < -0.3 is 14.7 Å². The number of benzene rings is 2. The second-order valence-electron chi connectivity index (χ2n) is 5.73. The minimum Gasteiger partial charge on any atom is -0.494 e. The van der Waals surface area contributed by atoms with Crippen molar-refractivity contribution in [3.05, 3.63) is 65.7 Å². The maximum absolute atomic E-state index is 11.9. The molecule has 0 saturated heterocycles. The third-order valence-electron chi connectivity index (χ3n) is 3.67. The van der Waals surface area contributed by atoms with Gasteiger partial charge in [-0.3, -0.25) is 0 Å². The summed E-state index contributed by atoms with van der Waals surface area (Å²) >= 11 is 0. The van der Waals surface area contributed by atoms with Gasteiger partial charge in [0, 0.05) is 6.42 Å². The fourth-order valence-corrected chi connectivity index (χ4v) is 2.22. The van der Waals surface area contributed by atoms with Crippen molar-refractivity contribution in [2.24, 2.45) is 5.16 Å². The third kappa shape index (κ3) is 6.67. The van der Waals surface area contributed by atoms with E-state index in [1.54, 1.807) is 0 Å². The van der Waals surface area contributed by atoms with Gasteiger partial charge in [-0.05, 0) is 37.5 Å². The highest BCUT2D eigenvalue weighted by Gasteiger charge is 2.13. The molecule has 0 amide bonds. The molecular weight excluding hydrogens is 318 g/mol. The predicted octanol–water partition coefficient (Wildman–Crippen LogP) is 4.12. The molecule has 0 bridgehead atoms. The number of nitrogens with zero attached hydrogens (tertiary/aromatic N) is 1. The Labute approximate surface area is 147 Å². The first-order valence-corrected chi connectivity index (χ1v) is 8.30. The van der Waals surface area contributed by atoms with Crippen LogP contribution in [0.15, 0.2) is 59.8 Å². The van der Waals surface area contributed by atoms with Crippen molar-refractivity contribution in [2.75, 3.05) is 6.61 Å². The highest BCUT2D eigenvalue weighted by molar-refractivity contribution is 6.36. The smallest absolute Gasteiger partial charge is 0.356 e. The Balaban J connectivity index is 1.65. The Morgan fingerprint density at radius 2 is 1.76 bits per heavy atom. The van der Waals surface area contributed by atoms with Gasteiger partial charge in [0.15, 0.2) is 5.71 Å². The monoisotopic (exact) mass is 341 g/mol. The average Bonchev–Trinajstić information content (AvgIpc) is 2.65. The number of rotatable bonds is 9. The van der Waals surface area contributed by atoms with Gasteiger partial charge in [0.05, 0.1) is 6.61 Å². The first-order chi connectivity index (χ1) is 12.2. The molecule has 0 aliphatic carbocycles. The van der Waals surface area contributed by atoms with Crippen LogP contribution in [0.1, 0.15) is 30.4 Å². The van der Waals surface area contributed by atoms with Gasteiger partial charge in [-0.2, -0.15) is 0 Å². The Morgan fingerprint density at radius 3 is 2.44 bits per heavy atom. The van der Waals surface area contributed by atoms with E-state index in [-0.39, 0.29) is 12.3 Å². The minimum atomic E-state index is -0.592. The normalized spacial score (nSPS) is 11.2. The Morgan fingerprint density at radius 1 is 1.04 bits per heavy atom. The van der Waals surface area contributed by atoms with Crippen molar-refractivity contribution in [2.45, 2.75) is 32.8 Å². The zero-order valence-corrected chi connectivity index (χ0v) is 14.4. The van der Waals surface area contributed by atoms with Gasteiger partial charge in [0.1, 0.15) is 12.4 Å². The van der Waals surface area contributed by atoms with Gasteiger partial charge in [0.2, 0.25) is 0 Å². The summed E-state index contributed by atoms with van der Waals surface area (Å²) in [5.74, 6) is 0.231. The van der Waals surface area contributed by atoms with E-state index in [0.717, 1.165) is 17.7 Å². The van der Waals surface area contributed by atoms with Gasteiger partial charge in [-0.25, -0.2) is 4.79 Å². The molecule has 2 aromatic rings. The van der Waals surface area contributed by atoms with E-state index in [0.29, 0.717) is 19.4 Å². The molecule has 5 heteroatoms. The van der Waals surface area contributed by atoms with Crippen molar-refractivity contribution >= 4 is 11.7 Å². The molecule has 25 heavy (non-hydrogen) atoms. The maximum atomic E-state index is 11.9. The Bertz CT molecular complexity index is 681. The minimum absolute atomic E-state index is 0.0336. The average molecular weight is 341 g/mol. The second-order valence-corrected chi connectivity index (χ2v) is 5.73. The molecular formula is C20H23NO4. The number of unbranched alkanes of at least 4 members (excludes halogenated alkanes) is 1. The van der Waals surface area contributed by atoms with E-state index >= 15 is 0 Å². The van der Waals surface area contributed by atoms with Crippen LogP contribution in [-0.2, 0) is 16.1 Å². The van der Waals surface area contributed by atoms with Gasteiger partial charge in [-0.1, -0.05) is 53.2 Å². The van der Waals surface area contributed by atoms with E-state index in [4.69, 9.17) is 14.7 Å². The number of carbonyl (C=O) groups is 1. The molecule has 0 unspecified atom stereocenters. The highest BCUT2D eigenvalue weighted by Crippen LogP contribution is 2.12. The van der Waals surface area contributed by atoms with E-state index in [1.807, 2.05) is 61.5 Å². The molecule has 0 aromatic heterocycles. The molecule has 0 aliphatic heterocycles. The fourth-order valence-electron chi connectivity index (χ4n) is 2.22. The molecule has 0 fully saturated rings. The molecule has 0 radical (unpaired) electrons. The summed E-state index contributed by atoms with van der Waals surface area (Å²) in [7, 11) is 0. The second kappa shape index (κ2) is 10.1. The number of esters is 1. The van der Waals surface area contributed by atoms with Gasteiger partial charge in [-0.15, -0.1) is 0 Å². The molecule has 0 heterocycles. The van der Waals surface area contributed by atoms with Crippen molar-refractivity contribution < 1.29 is 19.5 Å². The molecule has 5 nitrogen and oxygen atoms in total. The standard InChI is InChI=1S/C20H23NO4/c1-16-10-12-18(13-11-16)24-14-6-5-9-19(21-23)20(22)25-15-17-7-3-2-4-8-17/h2-4,7-8,10-13,23H,5-6,9,14-15H2,1H3. The lowest BCUT2D eigenvalue weighted by Gasteiger charge is -2.08. The van der Waals surface area contributed by atoms with Crippen molar-refractivity contribution in [1.82, 2.24) is 0 Å². The van der Waals surface area contributed by atoms with Crippen molar-refractivity contribution in [1.29, 1.82) is 0 Å². The number of carbonyl (C=O) groups excluding carboxylic acids is 1. The lowest BCUT2D eigenvalue weighted by atomic mass is 10.1. The third-order valence-corrected chi connectivity index (χ3v) is 3.67. The SMILES string of the molecule is Cc1ccc(OCCCCC(=NO)C(=O)OCc2ccccc2)cc1. The largest absolute Gasteiger partial charge is 0.494 e. The summed E-state index contributed by atoms with van der Waals surface area (Å²) < 4.78 is 10.8. The van der Waals surface area contributed by atoms with Crippen LogP contribution in [0.5, 0.6) is 5.75 Å². The van der Waals surface area contributed by atoms with Crippen LogP contribution in [0.3, 0.4) is 0 Å². The van der Waals surface area contributed by atoms with Crippen LogP contribution in [0, 0.1) is 6.92 Å². The van der Waals surface area contributed by atoms with Crippen LogP contribution in [0.25, 0.3) is 0 Å². The zero-order chi connectivity index (χ0) is 17.9. The van der Waals surface area contributed by atoms with E-state index in [9.17, 15) is 4.79 Å². The lowest BCUT2D eigenvalue weighted by Crippen LogP contribution is -2.18. The quantitative estimate of drug-likeness (QED) is 0.245. The molecule has 0 saturated carbocycles. The van der Waals surface area contributed by atoms with E-state index in [1.165, 1.54) is 5.56 Å². The van der Waals surface area contributed by atoms with Gasteiger partial charge >= 0.3 is 5.97 Å². The highest BCUT2D eigenvalue weighted by atomic mass is 16.5. The summed E-state index contributed by atoms with van der Waals surface area (Å²) in [5.41, 5.74) is 2.11. The lowest BCUT2D eigenvalue weighted by molar-refractivity contribution is -0.137. The van der Waals surface area contributed by atoms with E-state index < -0.39 is 5.97 Å². The van der Waals surface area contributed by atoms with Crippen LogP contribution >= 0.6 is 0 Å². The molecule has 0 aliphatic rings. The Kier molecular flexibility index (Phi) is 7.50. The number of hydrogen-bond donors (Lipinski definition) is 1. The number of hydrogen-bond acceptors (Lipinski definition) is 5. The zero-order valence-electron chi connectivity index (χ0n) is 14.4. The predicted molar refractivity (Wildman–Crippen MR) is 96.0 cm³/mol. The first kappa shape index (κ1) is 18.5. The molecule has 0 atom stereocenters. The number of oxime groups is 1. The molecule has 1 N–H and O–H groups in total. The molecule has 0 spiro atoms. The van der Waals surface area contributed by atoms with Crippen LogP contribution in [0.4, 0.5) is 0 Å². The topological polar surface area (TPSA) is 68.1 Å². The number of aryl methyl sites for hydroxylation is 1. The summed E-state index contributed by atoms with van der Waals surface area (Å²) in [4.78, 5) is 11.9. The van der Waals surface area contributed by atoms with Crippen LogP contribution in [0.2, 0.25) is 0 Å². The molecule has 132 valence electrons. The number of ether oxygens (including phenoxy) is 2.